The molecule has 0 radical (unpaired) electrons. The van der Waals surface area contributed by atoms with Gasteiger partial charge in [-0.25, -0.2) is 0 Å². The van der Waals surface area contributed by atoms with Gasteiger partial charge in [-0.05, 0) is 70.6 Å². The third-order valence-electron chi connectivity index (χ3n) is 9.55. The van der Waals surface area contributed by atoms with Crippen LogP contribution in [0.5, 0.6) is 0 Å². The molecule has 0 aromatic heterocycles. The highest BCUT2D eigenvalue weighted by Gasteiger charge is 2.46. The van der Waals surface area contributed by atoms with Crippen LogP contribution in [0, 0.1) is 11.8 Å². The Morgan fingerprint density at radius 2 is 1.24 bits per heavy atom. The van der Waals surface area contributed by atoms with E-state index in [1.807, 2.05) is 12.1 Å². The minimum absolute atomic E-state index is 0.0492. The van der Waals surface area contributed by atoms with E-state index in [9.17, 15) is 9.90 Å². The van der Waals surface area contributed by atoms with E-state index in [0.717, 1.165) is 37.7 Å². The highest BCUT2D eigenvalue weighted by atomic mass is 16.4. The van der Waals surface area contributed by atoms with Crippen molar-refractivity contribution in [3.05, 3.63) is 70.8 Å². The lowest BCUT2D eigenvalue weighted by atomic mass is 9.62. The highest BCUT2D eigenvalue weighted by Crippen LogP contribution is 2.45. The first kappa shape index (κ1) is 30.4. The standard InChI is InChI=1S/C18H26O2.C17H27N/c1-13-8-5-6-11-18(13,16(19)20)15-10-7-9-14(12-15)17(2,3)4;1-13-8-5-6-11-17(13,18)15-10-7-9-14(12-15)16(2,3)4/h7,9-10,12-13H,5-6,8,11H2,1-4H3,(H,19,20);7,9-10,12-13H,5-6,8,11,18H2,1-4H3/t;13-,17?/m.0/s1. The smallest absolute Gasteiger partial charge is 0.314 e. The third-order valence-corrected chi connectivity index (χ3v) is 9.55. The Balaban J connectivity index is 0.000000212. The molecule has 3 N–H and O–H groups in total. The van der Waals surface area contributed by atoms with Crippen molar-refractivity contribution in [2.45, 2.75) is 129 Å². The van der Waals surface area contributed by atoms with Gasteiger partial charge in [-0.1, -0.05) is 130 Å². The van der Waals surface area contributed by atoms with Gasteiger partial charge in [0, 0.05) is 5.54 Å². The fourth-order valence-corrected chi connectivity index (χ4v) is 6.56. The number of rotatable bonds is 3. The lowest BCUT2D eigenvalue weighted by Gasteiger charge is -2.40. The Bertz CT molecular complexity index is 1090. The summed E-state index contributed by atoms with van der Waals surface area (Å²) in [6.45, 7) is 17.7. The largest absolute Gasteiger partial charge is 0.481 e. The van der Waals surface area contributed by atoms with Crippen LogP contribution in [0.15, 0.2) is 48.5 Å². The van der Waals surface area contributed by atoms with Crippen LogP contribution in [0.2, 0.25) is 0 Å². The van der Waals surface area contributed by atoms with E-state index in [1.54, 1.807) is 0 Å². The number of aliphatic carboxylic acids is 1. The van der Waals surface area contributed by atoms with Crippen molar-refractivity contribution in [2.24, 2.45) is 17.6 Å². The topological polar surface area (TPSA) is 63.3 Å². The van der Waals surface area contributed by atoms with E-state index in [1.165, 1.54) is 36.0 Å². The molecule has 0 amide bonds. The second kappa shape index (κ2) is 11.5. The van der Waals surface area contributed by atoms with Crippen molar-refractivity contribution in [1.82, 2.24) is 0 Å². The van der Waals surface area contributed by atoms with Crippen LogP contribution in [0.3, 0.4) is 0 Å². The van der Waals surface area contributed by atoms with Crippen molar-refractivity contribution in [2.75, 3.05) is 0 Å². The van der Waals surface area contributed by atoms with Gasteiger partial charge in [-0.15, -0.1) is 0 Å². The molecule has 2 aromatic carbocycles. The summed E-state index contributed by atoms with van der Waals surface area (Å²) in [6.07, 6.45) is 8.91. The number of carboxylic acid groups (broad SMARTS) is 1. The molecule has 0 aliphatic heterocycles. The Labute approximate surface area is 232 Å². The van der Waals surface area contributed by atoms with E-state index >= 15 is 0 Å². The number of carboxylic acids is 1. The summed E-state index contributed by atoms with van der Waals surface area (Å²) < 4.78 is 0. The maximum Gasteiger partial charge on any atom is 0.314 e. The second-order valence-corrected chi connectivity index (χ2v) is 14.3. The maximum absolute atomic E-state index is 12.0. The van der Waals surface area contributed by atoms with E-state index in [4.69, 9.17) is 5.73 Å². The summed E-state index contributed by atoms with van der Waals surface area (Å²) in [4.78, 5) is 12.0. The number of hydrogen-bond acceptors (Lipinski definition) is 2. The minimum Gasteiger partial charge on any atom is -0.481 e. The maximum atomic E-state index is 12.0. The van der Waals surface area contributed by atoms with Gasteiger partial charge in [0.25, 0.3) is 0 Å². The molecule has 210 valence electrons. The Hall–Kier alpha value is -2.13. The predicted molar refractivity (Wildman–Crippen MR) is 161 cm³/mol. The van der Waals surface area contributed by atoms with Gasteiger partial charge >= 0.3 is 5.97 Å². The zero-order chi connectivity index (χ0) is 28.4. The van der Waals surface area contributed by atoms with Crippen molar-refractivity contribution >= 4 is 5.97 Å². The SMILES string of the molecule is CC1CCCCC1(C(=O)O)c1cccc(C(C)(C)C)c1.C[C@H]1CCCCC1(N)c1cccc(C(C)(C)C)c1. The number of hydrogen-bond donors (Lipinski definition) is 2. The quantitative estimate of drug-likeness (QED) is 0.425. The molecule has 4 rings (SSSR count). The zero-order valence-electron chi connectivity index (χ0n) is 25.4. The van der Waals surface area contributed by atoms with E-state index < -0.39 is 11.4 Å². The van der Waals surface area contributed by atoms with Crippen LogP contribution >= 0.6 is 0 Å². The van der Waals surface area contributed by atoms with Gasteiger partial charge in [0.2, 0.25) is 0 Å². The summed E-state index contributed by atoms with van der Waals surface area (Å²) >= 11 is 0. The van der Waals surface area contributed by atoms with Crippen molar-refractivity contribution < 1.29 is 9.90 Å². The van der Waals surface area contributed by atoms with Crippen LogP contribution in [0.25, 0.3) is 0 Å². The molecule has 3 nitrogen and oxygen atoms in total. The summed E-state index contributed by atoms with van der Waals surface area (Å²) in [5, 5.41) is 9.91. The fraction of sp³-hybridized carbons (Fsp3) is 0.629. The van der Waals surface area contributed by atoms with Crippen LogP contribution in [-0.4, -0.2) is 11.1 Å². The first-order valence-corrected chi connectivity index (χ1v) is 14.9. The molecule has 2 saturated carbocycles. The van der Waals surface area contributed by atoms with E-state index in [-0.39, 0.29) is 22.3 Å². The Kier molecular flexibility index (Phi) is 9.24. The molecule has 0 spiro atoms. The van der Waals surface area contributed by atoms with Crippen molar-refractivity contribution in [3.63, 3.8) is 0 Å². The summed E-state index contributed by atoms with van der Waals surface area (Å²) in [5.41, 5.74) is 11.1. The zero-order valence-corrected chi connectivity index (χ0v) is 25.4. The summed E-state index contributed by atoms with van der Waals surface area (Å²) in [6, 6.07) is 17.2. The molecular weight excluding hydrogens is 466 g/mol. The van der Waals surface area contributed by atoms with E-state index in [2.05, 4.69) is 91.8 Å². The Morgan fingerprint density at radius 3 is 1.71 bits per heavy atom. The van der Waals surface area contributed by atoms with Gasteiger partial charge in [0.1, 0.15) is 0 Å². The van der Waals surface area contributed by atoms with E-state index in [0.29, 0.717) is 5.92 Å². The van der Waals surface area contributed by atoms with Crippen LogP contribution < -0.4 is 5.73 Å². The normalized spacial score (nSPS) is 28.2. The predicted octanol–water partition coefficient (Wildman–Crippen LogP) is 8.86. The molecule has 2 aromatic rings. The average molecular weight is 520 g/mol. The summed E-state index contributed by atoms with van der Waals surface area (Å²) in [5.74, 6) is 0.126. The molecule has 3 heteroatoms. The lowest BCUT2D eigenvalue weighted by Crippen LogP contribution is -2.45. The molecule has 2 aliphatic carbocycles. The van der Waals surface area contributed by atoms with Crippen LogP contribution in [0.1, 0.15) is 129 Å². The van der Waals surface area contributed by atoms with Gasteiger partial charge in [-0.2, -0.15) is 0 Å². The van der Waals surface area contributed by atoms with Gasteiger partial charge < -0.3 is 10.8 Å². The van der Waals surface area contributed by atoms with Gasteiger partial charge in [0.05, 0.1) is 5.41 Å². The number of carbonyl (C=O) groups is 1. The first-order valence-electron chi connectivity index (χ1n) is 14.9. The fourth-order valence-electron chi connectivity index (χ4n) is 6.56. The number of nitrogens with two attached hydrogens (primary N) is 1. The Morgan fingerprint density at radius 1 is 0.763 bits per heavy atom. The lowest BCUT2D eigenvalue weighted by molar-refractivity contribution is -0.147. The molecule has 2 fully saturated rings. The average Bonchev–Trinajstić information content (AvgIpc) is 2.86. The highest BCUT2D eigenvalue weighted by molar-refractivity contribution is 5.82. The molecular formula is C35H53NO2. The molecule has 0 saturated heterocycles. The minimum atomic E-state index is -0.695. The van der Waals surface area contributed by atoms with Crippen LogP contribution in [-0.2, 0) is 26.6 Å². The molecule has 0 heterocycles. The summed E-state index contributed by atoms with van der Waals surface area (Å²) in [7, 11) is 0. The molecule has 2 aliphatic rings. The third kappa shape index (κ3) is 6.36. The van der Waals surface area contributed by atoms with Gasteiger partial charge in [-0.3, -0.25) is 4.79 Å². The molecule has 38 heavy (non-hydrogen) atoms. The van der Waals surface area contributed by atoms with Crippen molar-refractivity contribution in [1.29, 1.82) is 0 Å². The molecule has 3 unspecified atom stereocenters. The number of benzene rings is 2. The van der Waals surface area contributed by atoms with Gasteiger partial charge in [0.15, 0.2) is 0 Å². The van der Waals surface area contributed by atoms with Crippen LogP contribution in [0.4, 0.5) is 0 Å². The first-order chi connectivity index (χ1) is 17.6. The molecule has 0 bridgehead atoms. The molecule has 4 atom stereocenters. The second-order valence-electron chi connectivity index (χ2n) is 14.3. The van der Waals surface area contributed by atoms with Crippen molar-refractivity contribution in [3.8, 4) is 0 Å². The monoisotopic (exact) mass is 519 g/mol.